The van der Waals surface area contributed by atoms with E-state index in [-0.39, 0.29) is 17.5 Å². The van der Waals surface area contributed by atoms with Crippen LogP contribution in [-0.4, -0.2) is 66.2 Å². The summed E-state index contributed by atoms with van der Waals surface area (Å²) in [6, 6.07) is -0.175. The van der Waals surface area contributed by atoms with Crippen molar-refractivity contribution in [2.75, 3.05) is 33.7 Å². The number of urea groups is 1. The van der Waals surface area contributed by atoms with Crippen molar-refractivity contribution in [2.45, 2.75) is 26.3 Å². The zero-order chi connectivity index (χ0) is 14.8. The molecule has 2 unspecified atom stereocenters. The summed E-state index contributed by atoms with van der Waals surface area (Å²) in [5, 5.41) is 11.9. The van der Waals surface area contributed by atoms with Gasteiger partial charge in [-0.2, -0.15) is 0 Å². The van der Waals surface area contributed by atoms with Gasteiger partial charge in [-0.05, 0) is 33.9 Å². The van der Waals surface area contributed by atoms with E-state index in [1.807, 2.05) is 39.8 Å². The normalized spacial score (nSPS) is 23.8. The summed E-state index contributed by atoms with van der Waals surface area (Å²) in [4.78, 5) is 26.7. The van der Waals surface area contributed by atoms with Crippen LogP contribution in [0.4, 0.5) is 4.79 Å². The highest BCUT2D eigenvalue weighted by Gasteiger charge is 2.37. The Morgan fingerprint density at radius 3 is 2.37 bits per heavy atom. The van der Waals surface area contributed by atoms with Gasteiger partial charge < -0.3 is 20.2 Å². The number of likely N-dealkylation sites (tertiary alicyclic amines) is 1. The molecule has 0 spiro atoms. The largest absolute Gasteiger partial charge is 0.481 e. The molecule has 6 heteroatoms. The van der Waals surface area contributed by atoms with E-state index in [0.717, 1.165) is 0 Å². The molecule has 0 aromatic rings. The summed E-state index contributed by atoms with van der Waals surface area (Å²) in [7, 11) is 3.93. The Kier molecular flexibility index (Phi) is 4.79. The highest BCUT2D eigenvalue weighted by Crippen LogP contribution is 2.23. The molecule has 0 bridgehead atoms. The molecule has 2 atom stereocenters. The smallest absolute Gasteiger partial charge is 0.317 e. The summed E-state index contributed by atoms with van der Waals surface area (Å²) in [6.45, 7) is 7.28. The number of rotatable bonds is 4. The molecule has 1 aliphatic heterocycles. The molecule has 19 heavy (non-hydrogen) atoms. The van der Waals surface area contributed by atoms with Crippen LogP contribution in [0, 0.1) is 11.8 Å². The number of likely N-dealkylation sites (N-methyl/N-ethyl adjacent to an activating group) is 1. The zero-order valence-corrected chi connectivity index (χ0v) is 12.4. The first kappa shape index (κ1) is 15.8. The molecule has 1 rings (SSSR count). The average molecular weight is 271 g/mol. The predicted molar refractivity (Wildman–Crippen MR) is 73.0 cm³/mol. The Labute approximate surface area is 114 Å². The minimum absolute atomic E-state index is 0.00473. The van der Waals surface area contributed by atoms with Crippen LogP contribution >= 0.6 is 0 Å². The summed E-state index contributed by atoms with van der Waals surface area (Å²) in [6.07, 6.45) is 0. The molecule has 0 aromatic heterocycles. The molecule has 1 heterocycles. The van der Waals surface area contributed by atoms with Gasteiger partial charge in [0, 0.05) is 25.2 Å². The second kappa shape index (κ2) is 5.77. The van der Waals surface area contributed by atoms with Crippen molar-refractivity contribution in [3.63, 3.8) is 0 Å². The number of nitrogens with zero attached hydrogens (tertiary/aromatic N) is 2. The maximum atomic E-state index is 12.0. The number of carboxylic acids is 1. The van der Waals surface area contributed by atoms with Gasteiger partial charge >= 0.3 is 12.0 Å². The second-order valence-electron chi connectivity index (χ2n) is 6.19. The standard InChI is InChI=1S/C13H25N3O3/c1-9-6-16(7-10(9)11(17)18)12(19)14-8-13(2,3)15(4)5/h9-10H,6-8H2,1-5H3,(H,14,19)(H,17,18). The van der Waals surface area contributed by atoms with Gasteiger partial charge in [0.2, 0.25) is 0 Å². The second-order valence-corrected chi connectivity index (χ2v) is 6.19. The molecule has 1 fully saturated rings. The fraction of sp³-hybridized carbons (Fsp3) is 0.846. The highest BCUT2D eigenvalue weighted by atomic mass is 16.4. The molecular weight excluding hydrogens is 246 g/mol. The number of amides is 2. The van der Waals surface area contributed by atoms with Crippen LogP contribution in [0.1, 0.15) is 20.8 Å². The third kappa shape index (κ3) is 3.83. The Morgan fingerprint density at radius 2 is 1.95 bits per heavy atom. The monoisotopic (exact) mass is 271 g/mol. The van der Waals surface area contributed by atoms with Crippen LogP contribution in [-0.2, 0) is 4.79 Å². The molecule has 1 aliphatic rings. The van der Waals surface area contributed by atoms with Crippen LogP contribution in [0.5, 0.6) is 0 Å². The predicted octanol–water partition coefficient (Wildman–Crippen LogP) is 0.689. The third-order valence-electron chi connectivity index (χ3n) is 4.10. The molecule has 0 aromatic carbocycles. The van der Waals surface area contributed by atoms with Gasteiger partial charge in [0.15, 0.2) is 0 Å². The van der Waals surface area contributed by atoms with Crippen molar-refractivity contribution >= 4 is 12.0 Å². The van der Waals surface area contributed by atoms with Crippen molar-refractivity contribution in [2.24, 2.45) is 11.8 Å². The molecule has 2 amide bonds. The van der Waals surface area contributed by atoms with Gasteiger partial charge in [-0.15, -0.1) is 0 Å². The zero-order valence-electron chi connectivity index (χ0n) is 12.4. The highest BCUT2D eigenvalue weighted by molar-refractivity contribution is 5.77. The van der Waals surface area contributed by atoms with E-state index in [2.05, 4.69) is 5.32 Å². The molecule has 1 saturated heterocycles. The quantitative estimate of drug-likeness (QED) is 0.789. The fourth-order valence-electron chi connectivity index (χ4n) is 2.02. The van der Waals surface area contributed by atoms with Crippen LogP contribution in [0.2, 0.25) is 0 Å². The van der Waals surface area contributed by atoms with Crippen molar-refractivity contribution in [1.29, 1.82) is 0 Å². The van der Waals surface area contributed by atoms with Gasteiger partial charge in [0.05, 0.1) is 5.92 Å². The van der Waals surface area contributed by atoms with E-state index < -0.39 is 11.9 Å². The van der Waals surface area contributed by atoms with E-state index in [4.69, 9.17) is 5.11 Å². The average Bonchev–Trinajstić information content (AvgIpc) is 2.68. The van der Waals surface area contributed by atoms with Gasteiger partial charge in [0.25, 0.3) is 0 Å². The molecule has 2 N–H and O–H groups in total. The SMILES string of the molecule is CC1CN(C(=O)NCC(C)(C)N(C)C)CC1C(=O)O. The van der Waals surface area contributed by atoms with E-state index in [1.54, 1.807) is 4.90 Å². The lowest BCUT2D eigenvalue weighted by molar-refractivity contribution is -0.142. The minimum Gasteiger partial charge on any atom is -0.481 e. The van der Waals surface area contributed by atoms with Crippen LogP contribution in [0.25, 0.3) is 0 Å². The maximum absolute atomic E-state index is 12.0. The Morgan fingerprint density at radius 1 is 1.37 bits per heavy atom. The van der Waals surface area contributed by atoms with Crippen LogP contribution in [0.3, 0.4) is 0 Å². The maximum Gasteiger partial charge on any atom is 0.317 e. The lowest BCUT2D eigenvalue weighted by atomic mass is 9.99. The van der Waals surface area contributed by atoms with Gasteiger partial charge in [-0.25, -0.2) is 4.79 Å². The topological polar surface area (TPSA) is 72.9 Å². The van der Waals surface area contributed by atoms with E-state index >= 15 is 0 Å². The fourth-order valence-corrected chi connectivity index (χ4v) is 2.02. The van der Waals surface area contributed by atoms with Crippen molar-refractivity contribution in [3.05, 3.63) is 0 Å². The van der Waals surface area contributed by atoms with Crippen LogP contribution in [0.15, 0.2) is 0 Å². The van der Waals surface area contributed by atoms with Gasteiger partial charge in [-0.3, -0.25) is 4.79 Å². The first-order valence-corrected chi connectivity index (χ1v) is 6.58. The van der Waals surface area contributed by atoms with E-state index in [0.29, 0.717) is 19.6 Å². The molecule has 0 radical (unpaired) electrons. The number of carbonyl (C=O) groups is 2. The Balaban J connectivity index is 2.50. The molecule has 0 aliphatic carbocycles. The first-order chi connectivity index (χ1) is 8.65. The molecule has 110 valence electrons. The van der Waals surface area contributed by atoms with Gasteiger partial charge in [-0.1, -0.05) is 6.92 Å². The molecule has 0 saturated carbocycles. The number of nitrogens with one attached hydrogen (secondary N) is 1. The molecule has 6 nitrogen and oxygen atoms in total. The minimum atomic E-state index is -0.823. The summed E-state index contributed by atoms with van der Waals surface area (Å²) >= 11 is 0. The van der Waals surface area contributed by atoms with Crippen molar-refractivity contribution < 1.29 is 14.7 Å². The van der Waals surface area contributed by atoms with Crippen LogP contribution < -0.4 is 5.32 Å². The Bertz CT molecular complexity index is 355. The number of hydrogen-bond donors (Lipinski definition) is 2. The number of carbonyl (C=O) groups excluding carboxylic acids is 1. The van der Waals surface area contributed by atoms with E-state index in [1.165, 1.54) is 0 Å². The van der Waals surface area contributed by atoms with E-state index in [9.17, 15) is 9.59 Å². The van der Waals surface area contributed by atoms with Gasteiger partial charge in [0.1, 0.15) is 0 Å². The summed E-state index contributed by atoms with van der Waals surface area (Å²) < 4.78 is 0. The van der Waals surface area contributed by atoms with Crippen molar-refractivity contribution in [3.8, 4) is 0 Å². The first-order valence-electron chi connectivity index (χ1n) is 6.58. The number of aliphatic carboxylic acids is 1. The lowest BCUT2D eigenvalue weighted by Gasteiger charge is -2.33. The number of hydrogen-bond acceptors (Lipinski definition) is 3. The lowest BCUT2D eigenvalue weighted by Crippen LogP contribution is -2.50. The summed E-state index contributed by atoms with van der Waals surface area (Å²) in [5.74, 6) is -1.27. The molecular formula is C13H25N3O3. The Hall–Kier alpha value is -1.30. The van der Waals surface area contributed by atoms with Crippen molar-refractivity contribution in [1.82, 2.24) is 15.1 Å². The summed E-state index contributed by atoms with van der Waals surface area (Å²) in [5.41, 5.74) is -0.132. The third-order valence-corrected chi connectivity index (χ3v) is 4.10. The number of carboxylic acid groups (broad SMARTS) is 1.